The summed E-state index contributed by atoms with van der Waals surface area (Å²) in [7, 11) is -1.52. The number of allylic oxidation sites excluding steroid dienone is 2. The van der Waals surface area contributed by atoms with Gasteiger partial charge in [0.1, 0.15) is 0 Å². The number of nitrogens with zero attached hydrogens (tertiary/aromatic N) is 2. The second-order valence-corrected chi connectivity index (χ2v) is 22.9. The van der Waals surface area contributed by atoms with Crippen molar-refractivity contribution < 1.29 is 0 Å². The highest BCUT2D eigenvalue weighted by atomic mass is 28.3. The Hall–Kier alpha value is -6.42. The molecular formula is C56H48N2Si. The van der Waals surface area contributed by atoms with Gasteiger partial charge in [-0.3, -0.25) is 0 Å². The van der Waals surface area contributed by atoms with Crippen LogP contribution in [0.15, 0.2) is 194 Å². The van der Waals surface area contributed by atoms with Crippen molar-refractivity contribution in [3.05, 3.63) is 216 Å². The number of fused-ring (bicyclic) bond motifs is 13. The molecule has 1 spiro atoms. The first-order chi connectivity index (χ1) is 28.7. The molecule has 59 heavy (non-hydrogen) atoms. The Kier molecular flexibility index (Phi) is 8.06. The maximum absolute atomic E-state index is 2.66. The van der Waals surface area contributed by atoms with E-state index in [0.717, 1.165) is 5.69 Å². The quantitative estimate of drug-likeness (QED) is 0.161. The van der Waals surface area contributed by atoms with E-state index in [2.05, 4.69) is 231 Å². The van der Waals surface area contributed by atoms with Gasteiger partial charge in [0.25, 0.3) is 0 Å². The van der Waals surface area contributed by atoms with Gasteiger partial charge in [-0.25, -0.2) is 0 Å². The van der Waals surface area contributed by atoms with Gasteiger partial charge in [0, 0.05) is 22.4 Å². The first-order valence-electron chi connectivity index (χ1n) is 21.1. The molecular weight excluding hydrogens is 729 g/mol. The monoisotopic (exact) mass is 776 g/mol. The van der Waals surface area contributed by atoms with Crippen molar-refractivity contribution in [3.63, 3.8) is 0 Å². The molecule has 2 unspecified atom stereocenters. The highest BCUT2D eigenvalue weighted by Crippen LogP contribution is 2.66. The summed E-state index contributed by atoms with van der Waals surface area (Å²) in [6.07, 6.45) is 7.20. The number of benzene rings is 8. The summed E-state index contributed by atoms with van der Waals surface area (Å²) in [6, 6.07) is 64.6. The Balaban J connectivity index is 1.29. The molecule has 1 aliphatic heterocycles. The Bertz CT molecular complexity index is 2980. The molecule has 11 rings (SSSR count). The molecule has 0 radical (unpaired) electrons. The molecule has 2 aliphatic carbocycles. The molecule has 0 bridgehead atoms. The van der Waals surface area contributed by atoms with Crippen LogP contribution in [0.1, 0.15) is 36.1 Å². The summed E-state index contributed by atoms with van der Waals surface area (Å²) in [5, 5.41) is 6.59. The number of rotatable bonds is 5. The zero-order valence-electron chi connectivity index (χ0n) is 34.4. The average Bonchev–Trinajstić information content (AvgIpc) is 3.56. The Morgan fingerprint density at radius 1 is 0.559 bits per heavy atom. The van der Waals surface area contributed by atoms with Gasteiger partial charge in [0.2, 0.25) is 0 Å². The lowest BCUT2D eigenvalue weighted by atomic mass is 9.64. The Labute approximate surface area is 349 Å². The van der Waals surface area contributed by atoms with Crippen LogP contribution in [-0.2, 0) is 5.41 Å². The molecule has 3 aliphatic rings. The van der Waals surface area contributed by atoms with Crippen LogP contribution in [0.4, 0.5) is 28.4 Å². The van der Waals surface area contributed by atoms with Crippen molar-refractivity contribution in [2.75, 3.05) is 9.80 Å². The molecule has 8 aromatic carbocycles. The normalized spacial score (nSPS) is 17.4. The summed E-state index contributed by atoms with van der Waals surface area (Å²) in [4.78, 5) is 5.14. The molecule has 8 aromatic rings. The van der Waals surface area contributed by atoms with Crippen LogP contribution in [0.25, 0.3) is 32.7 Å². The fourth-order valence-electron chi connectivity index (χ4n) is 10.7. The van der Waals surface area contributed by atoms with Crippen molar-refractivity contribution in [1.29, 1.82) is 0 Å². The minimum absolute atomic E-state index is 0.123. The van der Waals surface area contributed by atoms with Crippen LogP contribution in [0.5, 0.6) is 0 Å². The van der Waals surface area contributed by atoms with E-state index in [0.29, 0.717) is 5.92 Å². The fourth-order valence-corrected chi connectivity index (χ4v) is 11.9. The van der Waals surface area contributed by atoms with Crippen LogP contribution in [0, 0.1) is 5.92 Å². The first kappa shape index (κ1) is 35.7. The largest absolute Gasteiger partial charge is 0.333 e. The van der Waals surface area contributed by atoms with E-state index in [9.17, 15) is 0 Å². The summed E-state index contributed by atoms with van der Waals surface area (Å²) in [5.41, 5.74) is 14.7. The summed E-state index contributed by atoms with van der Waals surface area (Å²) >= 11 is 0. The lowest BCUT2D eigenvalue weighted by Crippen LogP contribution is -2.39. The van der Waals surface area contributed by atoms with Gasteiger partial charge in [0.05, 0.1) is 30.9 Å². The minimum atomic E-state index is -1.52. The van der Waals surface area contributed by atoms with Gasteiger partial charge in [-0.2, -0.15) is 0 Å². The molecule has 3 heteroatoms. The molecule has 2 atom stereocenters. The molecule has 0 saturated heterocycles. The van der Waals surface area contributed by atoms with Gasteiger partial charge in [-0.05, 0) is 105 Å². The first-order valence-corrected chi connectivity index (χ1v) is 24.6. The molecule has 0 saturated carbocycles. The van der Waals surface area contributed by atoms with Crippen LogP contribution >= 0.6 is 0 Å². The lowest BCUT2D eigenvalue weighted by Gasteiger charge is -2.45. The summed E-state index contributed by atoms with van der Waals surface area (Å²) < 4.78 is 0. The minimum Gasteiger partial charge on any atom is -0.333 e. The van der Waals surface area contributed by atoms with Gasteiger partial charge >= 0.3 is 0 Å². The molecule has 0 amide bonds. The van der Waals surface area contributed by atoms with Crippen molar-refractivity contribution >= 4 is 63.2 Å². The second-order valence-electron chi connectivity index (χ2n) is 17.8. The Morgan fingerprint density at radius 3 is 1.83 bits per heavy atom. The zero-order valence-corrected chi connectivity index (χ0v) is 35.4. The number of anilines is 5. The topological polar surface area (TPSA) is 6.48 Å². The van der Waals surface area contributed by atoms with Gasteiger partial charge in [-0.1, -0.05) is 183 Å². The molecule has 0 fully saturated rings. The number of para-hydroxylation sites is 3. The third-order valence-corrected chi connectivity index (χ3v) is 15.4. The maximum atomic E-state index is 2.66. The van der Waals surface area contributed by atoms with Crippen molar-refractivity contribution in [2.24, 2.45) is 5.92 Å². The van der Waals surface area contributed by atoms with Gasteiger partial charge < -0.3 is 9.80 Å². The zero-order chi connectivity index (χ0) is 40.0. The maximum Gasteiger partial charge on any atom is 0.0775 e. The third-order valence-electron chi connectivity index (χ3n) is 13.3. The number of hydrogen-bond donors (Lipinski definition) is 0. The van der Waals surface area contributed by atoms with E-state index in [-0.39, 0.29) is 6.04 Å². The average molecular weight is 777 g/mol. The predicted molar refractivity (Wildman–Crippen MR) is 254 cm³/mol. The van der Waals surface area contributed by atoms with Crippen LogP contribution < -0.4 is 15.0 Å². The van der Waals surface area contributed by atoms with E-state index >= 15 is 0 Å². The van der Waals surface area contributed by atoms with Gasteiger partial charge in [-0.15, -0.1) is 0 Å². The lowest BCUT2D eigenvalue weighted by molar-refractivity contribution is 0.605. The van der Waals surface area contributed by atoms with E-state index in [4.69, 9.17) is 0 Å². The predicted octanol–water partition coefficient (Wildman–Crippen LogP) is 14.3. The third kappa shape index (κ3) is 5.24. The van der Waals surface area contributed by atoms with Crippen LogP contribution in [-0.4, -0.2) is 14.1 Å². The van der Waals surface area contributed by atoms with Crippen molar-refractivity contribution in [1.82, 2.24) is 0 Å². The summed E-state index contributed by atoms with van der Waals surface area (Å²) in [5.74, 6) is 0.300. The van der Waals surface area contributed by atoms with E-state index in [1.165, 1.54) is 88.4 Å². The molecule has 286 valence electrons. The van der Waals surface area contributed by atoms with Gasteiger partial charge in [0.15, 0.2) is 0 Å². The highest BCUT2D eigenvalue weighted by molar-refractivity contribution is 6.88. The van der Waals surface area contributed by atoms with E-state index in [1.54, 1.807) is 0 Å². The second kappa shape index (κ2) is 13.3. The number of hydrogen-bond acceptors (Lipinski definition) is 2. The van der Waals surface area contributed by atoms with E-state index < -0.39 is 13.5 Å². The van der Waals surface area contributed by atoms with Crippen LogP contribution in [0.2, 0.25) is 19.6 Å². The molecule has 2 nitrogen and oxygen atoms in total. The molecule has 0 aromatic heterocycles. The van der Waals surface area contributed by atoms with E-state index in [1.807, 2.05) is 0 Å². The fraction of sp³-hybridized carbons (Fsp3) is 0.143. The summed E-state index contributed by atoms with van der Waals surface area (Å²) in [6.45, 7) is 11.9. The van der Waals surface area contributed by atoms with Crippen molar-refractivity contribution in [3.8, 4) is 11.1 Å². The SMILES string of the molecule is CC1=CC(C)C(N(c2ccc([Si](C)(C)C)cc2)c2cc3c(c4ccccc24)-c2c(ccc4ccccc24)C32c3ccccc3N(c3ccccc3)c3ccccc32)C=C1. The molecule has 1 heterocycles. The standard InChI is InChI=1S/C56H48N2Si/c1-37-27-34-50(38(2)35-37)57(41-29-31-42(32-30-41)59(3,4)5)53-36-49-55(45-22-12-11-21-44(45)53)54-43-20-10-9-17-39(43)28-33-48(54)56(49)46-23-13-15-25-51(46)58(40-18-7-6-8-19-40)52-26-16-14-24-47(52)56/h6-36,38,50H,1-5H3. The highest BCUT2D eigenvalue weighted by Gasteiger charge is 2.53. The Morgan fingerprint density at radius 2 is 1.15 bits per heavy atom. The smallest absolute Gasteiger partial charge is 0.0775 e. The molecule has 0 N–H and O–H groups in total. The van der Waals surface area contributed by atoms with Crippen molar-refractivity contribution in [2.45, 2.75) is 44.9 Å². The van der Waals surface area contributed by atoms with Crippen LogP contribution in [0.3, 0.4) is 0 Å².